The molecular weight excluding hydrogens is 669 g/mol. The van der Waals surface area contributed by atoms with Crippen LogP contribution < -0.4 is 0 Å². The highest BCUT2D eigenvalue weighted by atomic mass is 16.6. The van der Waals surface area contributed by atoms with E-state index < -0.39 is 17.2 Å². The number of hydrogen-bond donors (Lipinski definition) is 2. The lowest BCUT2D eigenvalue weighted by Crippen LogP contribution is -2.74. The lowest BCUT2D eigenvalue weighted by Gasteiger charge is -2.79. The Morgan fingerprint density at radius 3 is 2.30 bits per heavy atom. The van der Waals surface area contributed by atoms with Crippen molar-refractivity contribution in [3.05, 3.63) is 35.4 Å². The fourth-order valence-electron chi connectivity index (χ4n) is 17.1. The van der Waals surface area contributed by atoms with Crippen molar-refractivity contribution in [1.29, 1.82) is 0 Å². The Bertz CT molecular complexity index is 1540. The van der Waals surface area contributed by atoms with Crippen molar-refractivity contribution >= 4 is 5.97 Å². The normalized spacial score (nSPS) is 48.8. The highest BCUT2D eigenvalue weighted by Crippen LogP contribution is 2.84. The fraction of sp³-hybridized carbons (Fsp3) is 0.857. The number of methoxy groups -OCH3 is 1. The summed E-state index contributed by atoms with van der Waals surface area (Å²) in [5, 5.41) is 23.4. The third kappa shape index (κ3) is 5.48. The van der Waals surface area contributed by atoms with E-state index in [1.54, 1.807) is 7.11 Å². The topological polar surface area (TPSA) is 76.0 Å². The molecule has 6 aliphatic carbocycles. The van der Waals surface area contributed by atoms with Crippen LogP contribution in [0.4, 0.5) is 0 Å². The second kappa shape index (κ2) is 13.9. The predicted octanol–water partition coefficient (Wildman–Crippen LogP) is 11.4. The summed E-state index contributed by atoms with van der Waals surface area (Å²) in [6.45, 7) is 15.6. The van der Waals surface area contributed by atoms with Crippen LogP contribution in [-0.4, -0.2) is 41.8 Å². The highest BCUT2D eigenvalue weighted by Gasteiger charge is 2.80. The van der Waals surface area contributed by atoms with Crippen LogP contribution >= 0.6 is 0 Å². The molecule has 302 valence electrons. The Hall–Kier alpha value is -1.43. The van der Waals surface area contributed by atoms with Crippen LogP contribution in [0.5, 0.6) is 0 Å². The minimum absolute atomic E-state index is 0.0142. The third-order valence-electron chi connectivity index (χ3n) is 19.5. The van der Waals surface area contributed by atoms with E-state index in [2.05, 4.69) is 65.8 Å². The maximum absolute atomic E-state index is 13.0. The number of carboxylic acid groups (broad SMARTS) is 1. The van der Waals surface area contributed by atoms with E-state index in [4.69, 9.17) is 9.47 Å². The van der Waals surface area contributed by atoms with Gasteiger partial charge in [0, 0.05) is 24.9 Å². The van der Waals surface area contributed by atoms with Crippen molar-refractivity contribution in [2.75, 3.05) is 13.7 Å². The van der Waals surface area contributed by atoms with Crippen LogP contribution in [0, 0.1) is 68.0 Å². The van der Waals surface area contributed by atoms with Gasteiger partial charge < -0.3 is 19.7 Å². The molecular formula is C49H76O5. The van der Waals surface area contributed by atoms with Crippen molar-refractivity contribution in [3.8, 4) is 0 Å². The van der Waals surface area contributed by atoms with Gasteiger partial charge >= 0.3 is 5.97 Å². The monoisotopic (exact) mass is 745 g/mol. The number of carbonyl (C=O) groups is 1. The summed E-state index contributed by atoms with van der Waals surface area (Å²) in [7, 11) is 1.77. The second-order valence-electron chi connectivity index (χ2n) is 21.7. The number of benzene rings is 1. The zero-order valence-electron chi connectivity index (χ0n) is 35.3. The molecule has 2 N–H and O–H groups in total. The van der Waals surface area contributed by atoms with Gasteiger partial charge in [0.2, 0.25) is 0 Å². The van der Waals surface area contributed by atoms with Gasteiger partial charge in [-0.05, 0) is 159 Å². The van der Waals surface area contributed by atoms with E-state index in [0.29, 0.717) is 29.6 Å². The number of rotatable bonds is 13. The van der Waals surface area contributed by atoms with Crippen LogP contribution in [0.3, 0.4) is 0 Å². The first-order valence-corrected chi connectivity index (χ1v) is 22.9. The molecule has 0 aromatic heterocycles. The molecule has 1 aromatic carbocycles. The zero-order valence-corrected chi connectivity index (χ0v) is 35.3. The molecule has 1 heterocycles. The van der Waals surface area contributed by atoms with Crippen molar-refractivity contribution in [3.63, 3.8) is 0 Å². The largest absolute Gasteiger partial charge is 0.481 e. The molecule has 14 atom stereocenters. The van der Waals surface area contributed by atoms with E-state index in [9.17, 15) is 15.0 Å². The summed E-state index contributed by atoms with van der Waals surface area (Å²) in [6.07, 6.45) is 22.7. The maximum atomic E-state index is 13.0. The molecule has 7 fully saturated rings. The molecule has 5 heteroatoms. The van der Waals surface area contributed by atoms with Gasteiger partial charge in [0.1, 0.15) is 0 Å². The van der Waals surface area contributed by atoms with Gasteiger partial charge in [-0.3, -0.25) is 4.79 Å². The lowest BCUT2D eigenvalue weighted by atomic mass is 9.25. The summed E-state index contributed by atoms with van der Waals surface area (Å²) in [5.41, 5.74) is 2.83. The van der Waals surface area contributed by atoms with Gasteiger partial charge in [0.25, 0.3) is 0 Å². The van der Waals surface area contributed by atoms with E-state index in [1.807, 2.05) is 0 Å². The molecule has 0 amide bonds. The highest BCUT2D eigenvalue weighted by molar-refractivity contribution is 5.74. The Balaban J connectivity index is 1.21. The summed E-state index contributed by atoms with van der Waals surface area (Å²) in [5.74, 6) is 1.43. The first-order valence-electron chi connectivity index (χ1n) is 22.9. The van der Waals surface area contributed by atoms with Crippen molar-refractivity contribution in [1.82, 2.24) is 0 Å². The molecule has 7 aliphatic rings. The van der Waals surface area contributed by atoms with Crippen molar-refractivity contribution in [2.45, 2.75) is 182 Å². The van der Waals surface area contributed by atoms with Crippen LogP contribution in [0.15, 0.2) is 24.3 Å². The molecule has 1 spiro atoms. The van der Waals surface area contributed by atoms with Crippen LogP contribution in [-0.2, 0) is 27.1 Å². The standard InChI is InChI=1S/C49H76O5/c1-8-10-11-12-22-47-31-36-19-18-35-30-49(52)38(13-9-2)48(40(54-49)29-34-16-14-33(15-17-34)21-28-53-7)23-20-37(46(36,6)41(35)48)45(47,5)27-26-43(3)24-25-44(4,42(50)51)32-39(43)47/h14-17,35-41,52H,8-13,18-32H2,1-7H3,(H,50,51). The van der Waals surface area contributed by atoms with Gasteiger partial charge in [0.05, 0.1) is 18.1 Å². The van der Waals surface area contributed by atoms with Gasteiger partial charge in [-0.15, -0.1) is 0 Å². The van der Waals surface area contributed by atoms with Crippen LogP contribution in [0.2, 0.25) is 0 Å². The number of fused-ring (bicyclic) bond motifs is 5. The molecule has 1 saturated heterocycles. The average Bonchev–Trinajstić information content (AvgIpc) is 3.27. The molecule has 8 rings (SSSR count). The van der Waals surface area contributed by atoms with E-state index in [1.165, 1.54) is 88.2 Å². The molecule has 1 aliphatic heterocycles. The Morgan fingerprint density at radius 1 is 0.852 bits per heavy atom. The number of ether oxygens (including phenoxy) is 2. The van der Waals surface area contributed by atoms with Crippen LogP contribution in [0.1, 0.15) is 168 Å². The number of aliphatic hydroxyl groups is 1. The minimum atomic E-state index is -1.02. The quantitative estimate of drug-likeness (QED) is 0.197. The molecule has 2 bridgehead atoms. The molecule has 54 heavy (non-hydrogen) atoms. The number of carboxylic acids is 1. The predicted molar refractivity (Wildman–Crippen MR) is 216 cm³/mol. The van der Waals surface area contributed by atoms with E-state index in [0.717, 1.165) is 58.0 Å². The Kier molecular flexibility index (Phi) is 10.1. The molecule has 6 saturated carbocycles. The van der Waals surface area contributed by atoms with Gasteiger partial charge in [-0.1, -0.05) is 91.0 Å². The maximum Gasteiger partial charge on any atom is 0.309 e. The molecule has 14 unspecified atom stereocenters. The van der Waals surface area contributed by atoms with Gasteiger partial charge in [-0.25, -0.2) is 0 Å². The smallest absolute Gasteiger partial charge is 0.309 e. The molecule has 1 aromatic rings. The summed E-state index contributed by atoms with van der Waals surface area (Å²) >= 11 is 0. The Morgan fingerprint density at radius 2 is 1.59 bits per heavy atom. The number of hydrogen-bond acceptors (Lipinski definition) is 4. The Labute approximate surface area is 328 Å². The SMILES string of the molecule is CCCCCCC12CC3CCC4CC5(O)OC(Cc6ccc(CCOC)cc6)C6(CCC(C3(C)C46)C1(C)CCC1(C)CCC(C)(C(=O)O)CC12)C5CCC. The third-order valence-corrected chi connectivity index (χ3v) is 19.5. The average molecular weight is 745 g/mol. The van der Waals surface area contributed by atoms with Crippen LogP contribution in [0.25, 0.3) is 0 Å². The van der Waals surface area contributed by atoms with E-state index >= 15 is 0 Å². The number of aliphatic carboxylic acids is 1. The van der Waals surface area contributed by atoms with Crippen molar-refractivity contribution < 1.29 is 24.5 Å². The second-order valence-corrected chi connectivity index (χ2v) is 21.7. The first-order chi connectivity index (χ1) is 25.7. The van der Waals surface area contributed by atoms with Crippen molar-refractivity contribution in [2.24, 2.45) is 68.0 Å². The first kappa shape index (κ1) is 39.4. The van der Waals surface area contributed by atoms with Gasteiger partial charge in [0.15, 0.2) is 5.79 Å². The van der Waals surface area contributed by atoms with E-state index in [-0.39, 0.29) is 39.1 Å². The number of unbranched alkanes of at least 4 members (excludes halogenated alkanes) is 3. The summed E-state index contributed by atoms with van der Waals surface area (Å²) < 4.78 is 12.6. The molecule has 0 radical (unpaired) electrons. The van der Waals surface area contributed by atoms with Gasteiger partial charge in [-0.2, -0.15) is 0 Å². The molecule has 5 nitrogen and oxygen atoms in total. The minimum Gasteiger partial charge on any atom is -0.481 e. The summed E-state index contributed by atoms with van der Waals surface area (Å²) in [6, 6.07) is 9.21. The zero-order chi connectivity index (χ0) is 38.4. The fourth-order valence-corrected chi connectivity index (χ4v) is 17.1. The summed E-state index contributed by atoms with van der Waals surface area (Å²) in [4.78, 5) is 13.0. The lowest BCUT2D eigenvalue weighted by molar-refractivity contribution is -0.316.